The van der Waals surface area contributed by atoms with Gasteiger partial charge in [0.25, 0.3) is 0 Å². The van der Waals surface area contributed by atoms with Crippen molar-refractivity contribution in [2.24, 2.45) is 0 Å². The number of alkyl halides is 3. The van der Waals surface area contributed by atoms with E-state index in [1.54, 1.807) is 34.6 Å². The Morgan fingerprint density at radius 2 is 1.95 bits per heavy atom. The van der Waals surface area contributed by atoms with E-state index < -0.39 is 42.2 Å². The van der Waals surface area contributed by atoms with Crippen LogP contribution in [0.5, 0.6) is 0 Å². The molecule has 22 heavy (non-hydrogen) atoms. The van der Waals surface area contributed by atoms with Gasteiger partial charge in [0.15, 0.2) is 5.79 Å². The minimum absolute atomic E-state index is 0.116. The number of carbonyl (C=O) groups is 1. The van der Waals surface area contributed by atoms with Gasteiger partial charge in [0.2, 0.25) is 0 Å². The maximum Gasteiger partial charge on any atom is 0.407 e. The lowest BCUT2D eigenvalue weighted by Gasteiger charge is -2.27. The van der Waals surface area contributed by atoms with Gasteiger partial charge in [-0.2, -0.15) is 13.2 Å². The molecule has 0 aliphatic carbocycles. The summed E-state index contributed by atoms with van der Waals surface area (Å²) in [5.74, 6) is -0.878. The number of nitrogens with one attached hydrogen (secondary N) is 1. The monoisotopic (exact) mass is 327 g/mol. The summed E-state index contributed by atoms with van der Waals surface area (Å²) < 4.78 is 53.3. The van der Waals surface area contributed by atoms with Gasteiger partial charge in [-0.3, -0.25) is 0 Å². The normalized spacial score (nSPS) is 23.2. The van der Waals surface area contributed by atoms with Gasteiger partial charge in [0.1, 0.15) is 11.7 Å². The Kier molecular flexibility index (Phi) is 5.72. The van der Waals surface area contributed by atoms with Crippen molar-refractivity contribution in [3.05, 3.63) is 0 Å². The highest BCUT2D eigenvalue weighted by Crippen LogP contribution is 2.29. The fourth-order valence-corrected chi connectivity index (χ4v) is 2.04. The summed E-state index contributed by atoms with van der Waals surface area (Å²) in [6.07, 6.45) is -7.04. The second-order valence-electron chi connectivity index (χ2n) is 6.77. The number of hydrogen-bond acceptors (Lipinski definition) is 4. The highest BCUT2D eigenvalue weighted by molar-refractivity contribution is 5.68. The molecular formula is C14H24F3NO4. The van der Waals surface area contributed by atoms with Crippen LogP contribution < -0.4 is 5.32 Å². The topological polar surface area (TPSA) is 56.8 Å². The van der Waals surface area contributed by atoms with Gasteiger partial charge in [-0.1, -0.05) is 0 Å². The highest BCUT2D eigenvalue weighted by atomic mass is 19.4. The molecule has 0 saturated carbocycles. The van der Waals surface area contributed by atoms with Gasteiger partial charge < -0.3 is 19.5 Å². The third-order valence-electron chi connectivity index (χ3n) is 2.92. The Bertz CT molecular complexity index is 391. The van der Waals surface area contributed by atoms with Crippen LogP contribution in [0.15, 0.2) is 0 Å². The van der Waals surface area contributed by atoms with Crippen molar-refractivity contribution in [2.75, 3.05) is 6.61 Å². The van der Waals surface area contributed by atoms with Crippen LogP contribution in [0, 0.1) is 0 Å². The third kappa shape index (κ3) is 7.31. The molecule has 0 unspecified atom stereocenters. The van der Waals surface area contributed by atoms with Crippen molar-refractivity contribution < 1.29 is 32.2 Å². The van der Waals surface area contributed by atoms with Crippen molar-refractivity contribution in [1.82, 2.24) is 5.32 Å². The standard InChI is InChI=1S/C14H24F3NO4/c1-12(2,3)22-11(19)18-9(6-7-14(15,16)17)10-8-20-13(4,5)21-10/h9-10H,6-8H2,1-5H3,(H,18,19)/t9-,10-/m1/s1. The first-order valence-corrected chi connectivity index (χ1v) is 7.15. The van der Waals surface area contributed by atoms with Gasteiger partial charge in [0.05, 0.1) is 12.6 Å². The van der Waals surface area contributed by atoms with Crippen LogP contribution in [0.4, 0.5) is 18.0 Å². The van der Waals surface area contributed by atoms with Gasteiger partial charge in [-0.05, 0) is 41.0 Å². The van der Waals surface area contributed by atoms with E-state index in [1.165, 1.54) is 0 Å². The number of ether oxygens (including phenoxy) is 3. The molecule has 0 bridgehead atoms. The summed E-state index contributed by atoms with van der Waals surface area (Å²) in [7, 11) is 0. The van der Waals surface area contributed by atoms with Gasteiger partial charge >= 0.3 is 12.3 Å². The first kappa shape index (κ1) is 19.0. The minimum Gasteiger partial charge on any atom is -0.444 e. The molecule has 1 amide bonds. The molecular weight excluding hydrogens is 303 g/mol. The Labute approximate surface area is 128 Å². The number of halogens is 3. The zero-order chi connectivity index (χ0) is 17.2. The first-order chi connectivity index (χ1) is 9.77. The molecule has 1 heterocycles. The van der Waals surface area contributed by atoms with Gasteiger partial charge in [0, 0.05) is 6.42 Å². The van der Waals surface area contributed by atoms with Crippen LogP contribution >= 0.6 is 0 Å². The lowest BCUT2D eigenvalue weighted by molar-refractivity contribution is -0.149. The molecule has 8 heteroatoms. The molecule has 0 aromatic heterocycles. The summed E-state index contributed by atoms with van der Waals surface area (Å²) in [6, 6.07) is -0.835. The van der Waals surface area contributed by atoms with Crippen molar-refractivity contribution in [1.29, 1.82) is 0 Å². The summed E-state index contributed by atoms with van der Waals surface area (Å²) in [6.45, 7) is 8.48. The van der Waals surface area contributed by atoms with Crippen molar-refractivity contribution in [3.63, 3.8) is 0 Å². The number of hydrogen-bond donors (Lipinski definition) is 1. The van der Waals surface area contributed by atoms with Crippen LogP contribution in [0.1, 0.15) is 47.5 Å². The Morgan fingerprint density at radius 1 is 1.36 bits per heavy atom. The number of rotatable bonds is 4. The number of alkyl carbamates (subject to hydrolysis) is 1. The van der Waals surface area contributed by atoms with Crippen molar-refractivity contribution in [3.8, 4) is 0 Å². The first-order valence-electron chi connectivity index (χ1n) is 7.15. The van der Waals surface area contributed by atoms with E-state index in [0.29, 0.717) is 0 Å². The molecule has 0 aromatic rings. The molecule has 1 saturated heterocycles. The maximum absolute atomic E-state index is 12.4. The molecule has 2 atom stereocenters. The molecule has 0 aromatic carbocycles. The zero-order valence-electron chi connectivity index (χ0n) is 13.5. The van der Waals surface area contributed by atoms with Crippen molar-refractivity contribution in [2.45, 2.75) is 77.2 Å². The number of amides is 1. The molecule has 1 fully saturated rings. The average molecular weight is 327 g/mol. The van der Waals surface area contributed by atoms with Crippen LogP contribution in [-0.2, 0) is 14.2 Å². The molecule has 5 nitrogen and oxygen atoms in total. The van der Waals surface area contributed by atoms with E-state index in [-0.39, 0.29) is 13.0 Å². The summed E-state index contributed by atoms with van der Waals surface area (Å²) in [5.41, 5.74) is -0.731. The van der Waals surface area contributed by atoms with Crippen LogP contribution in [0.25, 0.3) is 0 Å². The summed E-state index contributed by atoms with van der Waals surface area (Å²) in [4.78, 5) is 11.8. The maximum atomic E-state index is 12.4. The predicted molar refractivity (Wildman–Crippen MR) is 73.4 cm³/mol. The second-order valence-corrected chi connectivity index (χ2v) is 6.77. The lowest BCUT2D eigenvalue weighted by Crippen LogP contribution is -2.47. The van der Waals surface area contributed by atoms with Crippen LogP contribution in [0.2, 0.25) is 0 Å². The van der Waals surface area contributed by atoms with Gasteiger partial charge in [-0.15, -0.1) is 0 Å². The Balaban J connectivity index is 2.68. The molecule has 1 rings (SSSR count). The van der Waals surface area contributed by atoms with Crippen molar-refractivity contribution >= 4 is 6.09 Å². The Morgan fingerprint density at radius 3 is 2.36 bits per heavy atom. The lowest BCUT2D eigenvalue weighted by atomic mass is 10.1. The van der Waals surface area contributed by atoms with Crippen LogP contribution in [-0.4, -0.2) is 42.4 Å². The van der Waals surface area contributed by atoms with E-state index in [9.17, 15) is 18.0 Å². The average Bonchev–Trinajstić information content (AvgIpc) is 2.61. The molecule has 0 radical (unpaired) electrons. The summed E-state index contributed by atoms with van der Waals surface area (Å²) in [5, 5.41) is 2.46. The Hall–Kier alpha value is -1.02. The third-order valence-corrected chi connectivity index (χ3v) is 2.92. The molecule has 1 N–H and O–H groups in total. The molecule has 130 valence electrons. The SMILES string of the molecule is CC(C)(C)OC(=O)N[C@H](CCC(F)(F)F)[C@H]1COC(C)(C)O1. The van der Waals surface area contributed by atoms with E-state index in [4.69, 9.17) is 14.2 Å². The smallest absolute Gasteiger partial charge is 0.407 e. The molecule has 0 spiro atoms. The largest absolute Gasteiger partial charge is 0.444 e. The number of carbonyl (C=O) groups excluding carboxylic acids is 1. The van der Waals surface area contributed by atoms with Gasteiger partial charge in [-0.25, -0.2) is 4.79 Å². The quantitative estimate of drug-likeness (QED) is 0.860. The van der Waals surface area contributed by atoms with E-state index in [2.05, 4.69) is 5.32 Å². The molecule has 1 aliphatic rings. The minimum atomic E-state index is -4.30. The van der Waals surface area contributed by atoms with Crippen LogP contribution in [0.3, 0.4) is 0 Å². The fourth-order valence-electron chi connectivity index (χ4n) is 2.04. The van der Waals surface area contributed by atoms with E-state index in [0.717, 1.165) is 0 Å². The zero-order valence-corrected chi connectivity index (χ0v) is 13.5. The second kappa shape index (κ2) is 6.62. The molecule has 1 aliphatic heterocycles. The summed E-state index contributed by atoms with van der Waals surface area (Å²) >= 11 is 0. The highest BCUT2D eigenvalue weighted by Gasteiger charge is 2.40. The van der Waals surface area contributed by atoms with E-state index >= 15 is 0 Å². The predicted octanol–water partition coefficient (Wildman–Crippen LogP) is 3.37. The fraction of sp³-hybridized carbons (Fsp3) is 0.929. The van der Waals surface area contributed by atoms with E-state index in [1.807, 2.05) is 0 Å².